The zero-order valence-electron chi connectivity index (χ0n) is 19.3. The standard InChI is InChI=1S/C25H32N2O6S/c28-20(18-33-23-7-3-5-19-4-1-2-6-22(19)23)17-26-10-12-27(13-11-26)34(29,30)21-8-9-24-25(16-21)32-15-14-31-24/h1-2,4,6,8-9,16,20,23,28H,3,5,7,10-15,17-18H2/t20-,23+/m0/s1. The van der Waals surface area contributed by atoms with Crippen molar-refractivity contribution in [3.05, 3.63) is 53.6 Å². The first kappa shape index (κ1) is 23.6. The Labute approximate surface area is 201 Å². The van der Waals surface area contributed by atoms with Gasteiger partial charge in [0.15, 0.2) is 11.5 Å². The minimum absolute atomic E-state index is 0.0348. The van der Waals surface area contributed by atoms with Crippen molar-refractivity contribution in [3.8, 4) is 11.5 Å². The van der Waals surface area contributed by atoms with Crippen molar-refractivity contribution < 1.29 is 27.7 Å². The van der Waals surface area contributed by atoms with Crippen LogP contribution in [0.15, 0.2) is 47.4 Å². The van der Waals surface area contributed by atoms with E-state index in [9.17, 15) is 13.5 Å². The molecule has 1 fully saturated rings. The lowest BCUT2D eigenvalue weighted by atomic mass is 9.89. The van der Waals surface area contributed by atoms with Crippen LogP contribution in [0.3, 0.4) is 0 Å². The van der Waals surface area contributed by atoms with Crippen LogP contribution in [0.4, 0.5) is 0 Å². The number of aliphatic hydroxyl groups excluding tert-OH is 1. The molecule has 34 heavy (non-hydrogen) atoms. The third-order valence-electron chi connectivity index (χ3n) is 6.76. The fraction of sp³-hybridized carbons (Fsp3) is 0.520. The number of rotatable bonds is 7. The smallest absolute Gasteiger partial charge is 0.243 e. The Morgan fingerprint density at radius 3 is 2.62 bits per heavy atom. The summed E-state index contributed by atoms with van der Waals surface area (Å²) in [6.07, 6.45) is 2.57. The number of hydrogen-bond acceptors (Lipinski definition) is 7. The van der Waals surface area contributed by atoms with Gasteiger partial charge in [0.25, 0.3) is 0 Å². The van der Waals surface area contributed by atoms with E-state index in [4.69, 9.17) is 14.2 Å². The maximum Gasteiger partial charge on any atom is 0.243 e. The Morgan fingerprint density at radius 2 is 1.79 bits per heavy atom. The molecule has 2 aromatic rings. The first-order valence-electron chi connectivity index (χ1n) is 12.0. The van der Waals surface area contributed by atoms with Crippen LogP contribution in [0, 0.1) is 0 Å². The zero-order valence-corrected chi connectivity index (χ0v) is 20.1. The highest BCUT2D eigenvalue weighted by Gasteiger charge is 2.30. The van der Waals surface area contributed by atoms with Crippen LogP contribution in [-0.4, -0.2) is 81.4 Å². The zero-order chi connectivity index (χ0) is 23.5. The number of aryl methyl sites for hydroxylation is 1. The summed E-state index contributed by atoms with van der Waals surface area (Å²) in [5.74, 6) is 1.04. The summed E-state index contributed by atoms with van der Waals surface area (Å²) in [7, 11) is -3.62. The summed E-state index contributed by atoms with van der Waals surface area (Å²) in [5, 5.41) is 10.6. The summed E-state index contributed by atoms with van der Waals surface area (Å²) in [6, 6.07) is 13.1. The van der Waals surface area contributed by atoms with E-state index in [1.54, 1.807) is 18.2 Å². The van der Waals surface area contributed by atoms with Gasteiger partial charge < -0.3 is 19.3 Å². The normalized spacial score (nSPS) is 22.2. The van der Waals surface area contributed by atoms with E-state index in [1.165, 1.54) is 15.4 Å². The van der Waals surface area contributed by atoms with Crippen LogP contribution in [0.5, 0.6) is 11.5 Å². The van der Waals surface area contributed by atoms with Crippen LogP contribution in [-0.2, 0) is 21.2 Å². The Morgan fingerprint density at radius 1 is 1.03 bits per heavy atom. The van der Waals surface area contributed by atoms with Crippen LogP contribution in [0.25, 0.3) is 0 Å². The molecule has 2 heterocycles. The number of β-amino-alcohol motifs (C(OH)–C–C–N with tert-alkyl or cyclic N) is 1. The van der Waals surface area contributed by atoms with Gasteiger partial charge in [-0.2, -0.15) is 4.31 Å². The second-order valence-electron chi connectivity index (χ2n) is 9.08. The number of sulfonamides is 1. The Hall–Kier alpha value is -2.17. The predicted octanol–water partition coefficient (Wildman–Crippen LogP) is 2.22. The van der Waals surface area contributed by atoms with E-state index in [1.807, 2.05) is 6.07 Å². The summed E-state index contributed by atoms with van der Waals surface area (Å²) in [6.45, 7) is 3.49. The molecule has 2 aromatic carbocycles. The highest BCUT2D eigenvalue weighted by Crippen LogP contribution is 2.34. The molecule has 1 aliphatic carbocycles. The fourth-order valence-corrected chi connectivity index (χ4v) is 6.38. The number of ether oxygens (including phenoxy) is 3. The summed E-state index contributed by atoms with van der Waals surface area (Å²) in [5.41, 5.74) is 2.57. The van der Waals surface area contributed by atoms with Crippen LogP contribution in [0.2, 0.25) is 0 Å². The van der Waals surface area contributed by atoms with Gasteiger partial charge in [-0.15, -0.1) is 0 Å². The molecular formula is C25H32N2O6S. The number of aliphatic hydroxyl groups is 1. The maximum absolute atomic E-state index is 13.1. The van der Waals surface area contributed by atoms with E-state index in [0.717, 1.165) is 19.3 Å². The van der Waals surface area contributed by atoms with Crippen molar-refractivity contribution in [2.75, 3.05) is 52.5 Å². The molecule has 0 aromatic heterocycles. The fourth-order valence-electron chi connectivity index (χ4n) is 4.95. The van der Waals surface area contributed by atoms with Crippen molar-refractivity contribution in [3.63, 3.8) is 0 Å². The first-order valence-corrected chi connectivity index (χ1v) is 13.4. The number of hydrogen-bond donors (Lipinski definition) is 1. The minimum atomic E-state index is -3.62. The van der Waals surface area contributed by atoms with E-state index in [-0.39, 0.29) is 17.6 Å². The molecule has 0 radical (unpaired) electrons. The minimum Gasteiger partial charge on any atom is -0.486 e. The number of fused-ring (bicyclic) bond motifs is 2. The average molecular weight is 489 g/mol. The van der Waals surface area contributed by atoms with Crippen molar-refractivity contribution in [2.45, 2.75) is 36.4 Å². The van der Waals surface area contributed by atoms with Gasteiger partial charge in [-0.3, -0.25) is 4.90 Å². The summed E-state index contributed by atoms with van der Waals surface area (Å²) in [4.78, 5) is 2.31. The molecule has 2 aliphatic heterocycles. The molecule has 9 heteroatoms. The average Bonchev–Trinajstić information content (AvgIpc) is 2.87. The topological polar surface area (TPSA) is 88.5 Å². The van der Waals surface area contributed by atoms with Crippen molar-refractivity contribution in [1.82, 2.24) is 9.21 Å². The van der Waals surface area contributed by atoms with E-state index in [0.29, 0.717) is 57.4 Å². The lowest BCUT2D eigenvalue weighted by Crippen LogP contribution is -2.50. The molecule has 184 valence electrons. The van der Waals surface area contributed by atoms with Crippen molar-refractivity contribution >= 4 is 10.0 Å². The van der Waals surface area contributed by atoms with Gasteiger partial charge in [-0.05, 0) is 42.5 Å². The van der Waals surface area contributed by atoms with Gasteiger partial charge in [0.1, 0.15) is 13.2 Å². The molecule has 1 N–H and O–H groups in total. The third-order valence-corrected chi connectivity index (χ3v) is 8.65. The monoisotopic (exact) mass is 488 g/mol. The first-order chi connectivity index (χ1) is 16.5. The summed E-state index contributed by atoms with van der Waals surface area (Å²) >= 11 is 0. The quantitative estimate of drug-likeness (QED) is 0.639. The Kier molecular flexibility index (Phi) is 7.08. The van der Waals surface area contributed by atoms with Gasteiger partial charge in [0, 0.05) is 38.8 Å². The number of nitrogens with zero attached hydrogens (tertiary/aromatic N) is 2. The maximum atomic E-state index is 13.1. The largest absolute Gasteiger partial charge is 0.486 e. The number of piperazine rings is 1. The second-order valence-corrected chi connectivity index (χ2v) is 11.0. The molecule has 0 amide bonds. The molecule has 2 atom stereocenters. The van der Waals surface area contributed by atoms with Crippen LogP contribution < -0.4 is 9.47 Å². The molecule has 0 saturated carbocycles. The van der Waals surface area contributed by atoms with Gasteiger partial charge >= 0.3 is 0 Å². The summed E-state index contributed by atoms with van der Waals surface area (Å²) < 4.78 is 44.9. The molecule has 5 rings (SSSR count). The molecule has 0 unspecified atom stereocenters. The van der Waals surface area contributed by atoms with Crippen LogP contribution in [0.1, 0.15) is 30.1 Å². The molecule has 0 bridgehead atoms. The molecule has 3 aliphatic rings. The van der Waals surface area contributed by atoms with Gasteiger partial charge in [0.05, 0.1) is 23.7 Å². The second kappa shape index (κ2) is 10.2. The molecule has 1 saturated heterocycles. The lowest BCUT2D eigenvalue weighted by molar-refractivity contribution is -0.0304. The third kappa shape index (κ3) is 5.08. The highest BCUT2D eigenvalue weighted by atomic mass is 32.2. The lowest BCUT2D eigenvalue weighted by Gasteiger charge is -2.35. The van der Waals surface area contributed by atoms with Gasteiger partial charge in [-0.25, -0.2) is 8.42 Å². The Balaban J connectivity index is 1.11. The molecule has 8 nitrogen and oxygen atoms in total. The van der Waals surface area contributed by atoms with E-state index < -0.39 is 16.1 Å². The van der Waals surface area contributed by atoms with Crippen LogP contribution >= 0.6 is 0 Å². The number of benzene rings is 2. The Bertz CT molecular complexity index is 1100. The predicted molar refractivity (Wildman–Crippen MR) is 127 cm³/mol. The molecule has 0 spiro atoms. The van der Waals surface area contributed by atoms with Gasteiger partial charge in [0.2, 0.25) is 10.0 Å². The van der Waals surface area contributed by atoms with Crippen molar-refractivity contribution in [2.24, 2.45) is 0 Å². The molecular weight excluding hydrogens is 456 g/mol. The van der Waals surface area contributed by atoms with E-state index >= 15 is 0 Å². The van der Waals surface area contributed by atoms with Gasteiger partial charge in [-0.1, -0.05) is 24.3 Å². The highest BCUT2D eigenvalue weighted by molar-refractivity contribution is 7.89. The SMILES string of the molecule is O=S(=O)(c1ccc2c(c1)OCCO2)N1CCN(C[C@H](O)CO[C@@H]2CCCc3ccccc32)CC1. The van der Waals surface area contributed by atoms with Crippen molar-refractivity contribution in [1.29, 1.82) is 0 Å². The van der Waals surface area contributed by atoms with E-state index in [2.05, 4.69) is 23.1 Å².